The van der Waals surface area contributed by atoms with Crippen LogP contribution in [0.3, 0.4) is 0 Å². The van der Waals surface area contributed by atoms with E-state index in [1.165, 1.54) is 11.1 Å². The molecule has 0 radical (unpaired) electrons. The molecule has 1 aromatic heterocycles. The van der Waals surface area contributed by atoms with Crippen molar-refractivity contribution in [2.45, 2.75) is 20.1 Å². The summed E-state index contributed by atoms with van der Waals surface area (Å²) in [6, 6.07) is 23.9. The minimum absolute atomic E-state index is 0.307. The highest BCUT2D eigenvalue weighted by Crippen LogP contribution is 2.28. The lowest BCUT2D eigenvalue weighted by molar-refractivity contribution is 0.280. The molecule has 0 unspecified atom stereocenters. The first-order valence-electron chi connectivity index (χ1n) is 10.0. The summed E-state index contributed by atoms with van der Waals surface area (Å²) in [6.45, 7) is 3.04. The predicted molar refractivity (Wildman–Crippen MR) is 121 cm³/mol. The SMILES string of the molecule is COc1cc(C=Nc2ccc(C)cc2)ccc1OCc1cn(Cc2ccccc2)nn1. The van der Waals surface area contributed by atoms with Crippen molar-refractivity contribution in [1.29, 1.82) is 0 Å². The van der Waals surface area contributed by atoms with Gasteiger partial charge < -0.3 is 9.47 Å². The number of benzene rings is 3. The van der Waals surface area contributed by atoms with E-state index in [1.54, 1.807) is 11.8 Å². The minimum Gasteiger partial charge on any atom is -0.493 e. The summed E-state index contributed by atoms with van der Waals surface area (Å²) in [4.78, 5) is 4.51. The number of methoxy groups -OCH3 is 1. The van der Waals surface area contributed by atoms with Crippen LogP contribution in [0.2, 0.25) is 0 Å². The Kier molecular flexibility index (Phi) is 6.38. The largest absolute Gasteiger partial charge is 0.493 e. The maximum Gasteiger partial charge on any atom is 0.161 e. The average Bonchev–Trinajstić information content (AvgIpc) is 3.25. The molecule has 4 aromatic rings. The molecule has 1 heterocycles. The number of aliphatic imine (C=N–C) groups is 1. The van der Waals surface area contributed by atoms with E-state index in [-0.39, 0.29) is 0 Å². The van der Waals surface area contributed by atoms with E-state index < -0.39 is 0 Å². The van der Waals surface area contributed by atoms with E-state index in [0.717, 1.165) is 16.9 Å². The molecule has 0 aliphatic heterocycles. The van der Waals surface area contributed by atoms with Gasteiger partial charge in [-0.15, -0.1) is 5.10 Å². The number of hydrogen-bond donors (Lipinski definition) is 0. The number of aryl methyl sites for hydroxylation is 1. The van der Waals surface area contributed by atoms with Crippen molar-refractivity contribution in [2.24, 2.45) is 4.99 Å². The Morgan fingerprint density at radius 1 is 0.968 bits per heavy atom. The van der Waals surface area contributed by atoms with Gasteiger partial charge in [0.05, 0.1) is 25.5 Å². The fourth-order valence-corrected chi connectivity index (χ4v) is 3.07. The lowest BCUT2D eigenvalue weighted by Gasteiger charge is -2.10. The van der Waals surface area contributed by atoms with Gasteiger partial charge in [-0.3, -0.25) is 4.99 Å². The fourth-order valence-electron chi connectivity index (χ4n) is 3.07. The smallest absolute Gasteiger partial charge is 0.161 e. The number of hydrogen-bond acceptors (Lipinski definition) is 5. The van der Waals surface area contributed by atoms with Crippen LogP contribution in [0.1, 0.15) is 22.4 Å². The van der Waals surface area contributed by atoms with Crippen LogP contribution in [-0.4, -0.2) is 28.3 Å². The summed E-state index contributed by atoms with van der Waals surface area (Å²) in [6.07, 6.45) is 3.70. The van der Waals surface area contributed by atoms with Gasteiger partial charge in [0, 0.05) is 6.21 Å². The fraction of sp³-hybridized carbons (Fsp3) is 0.160. The maximum absolute atomic E-state index is 5.92. The third-order valence-electron chi connectivity index (χ3n) is 4.73. The molecule has 156 valence electrons. The number of rotatable bonds is 8. The van der Waals surface area contributed by atoms with E-state index >= 15 is 0 Å². The molecule has 0 spiro atoms. The normalized spacial score (nSPS) is 11.0. The second kappa shape index (κ2) is 9.71. The molecule has 31 heavy (non-hydrogen) atoms. The highest BCUT2D eigenvalue weighted by molar-refractivity contribution is 5.83. The van der Waals surface area contributed by atoms with E-state index in [9.17, 15) is 0 Å². The van der Waals surface area contributed by atoms with E-state index in [0.29, 0.717) is 24.7 Å². The lowest BCUT2D eigenvalue weighted by atomic mass is 10.2. The molecule has 0 atom stereocenters. The molecule has 0 saturated heterocycles. The Labute approximate surface area is 181 Å². The van der Waals surface area contributed by atoms with E-state index in [2.05, 4.69) is 34.4 Å². The van der Waals surface area contributed by atoms with Gasteiger partial charge in [0.15, 0.2) is 11.5 Å². The van der Waals surface area contributed by atoms with Gasteiger partial charge in [-0.2, -0.15) is 0 Å². The third kappa shape index (κ3) is 5.57. The maximum atomic E-state index is 5.92. The number of ether oxygens (including phenoxy) is 2. The second-order valence-electron chi connectivity index (χ2n) is 7.19. The van der Waals surface area contributed by atoms with Crippen LogP contribution in [0, 0.1) is 6.92 Å². The van der Waals surface area contributed by atoms with Crippen molar-refractivity contribution in [2.75, 3.05) is 7.11 Å². The van der Waals surface area contributed by atoms with Crippen molar-refractivity contribution in [3.63, 3.8) is 0 Å². The van der Waals surface area contributed by atoms with Crippen LogP contribution >= 0.6 is 0 Å². The van der Waals surface area contributed by atoms with Crippen LogP contribution in [0.4, 0.5) is 5.69 Å². The molecule has 0 aliphatic rings. The topological polar surface area (TPSA) is 61.5 Å². The first-order chi connectivity index (χ1) is 15.2. The van der Waals surface area contributed by atoms with Gasteiger partial charge in [-0.05, 0) is 48.4 Å². The zero-order valence-corrected chi connectivity index (χ0v) is 17.6. The van der Waals surface area contributed by atoms with Crippen LogP contribution in [0.25, 0.3) is 0 Å². The van der Waals surface area contributed by atoms with Crippen LogP contribution in [0.15, 0.2) is 84.0 Å². The van der Waals surface area contributed by atoms with E-state index in [1.807, 2.05) is 73.1 Å². The van der Waals surface area contributed by atoms with Gasteiger partial charge in [0.25, 0.3) is 0 Å². The third-order valence-corrected chi connectivity index (χ3v) is 4.73. The average molecular weight is 412 g/mol. The van der Waals surface area contributed by atoms with Gasteiger partial charge in [-0.25, -0.2) is 4.68 Å². The van der Waals surface area contributed by atoms with Gasteiger partial charge in [0.2, 0.25) is 0 Å². The summed E-state index contributed by atoms with van der Waals surface area (Å²) in [5.41, 5.74) is 4.97. The Bertz CT molecular complexity index is 1150. The Hall–Kier alpha value is -3.93. The monoisotopic (exact) mass is 412 g/mol. The summed E-state index contributed by atoms with van der Waals surface area (Å²) in [5, 5.41) is 8.37. The molecule has 0 fully saturated rings. The van der Waals surface area contributed by atoms with Crippen molar-refractivity contribution in [3.8, 4) is 11.5 Å². The molecule has 0 N–H and O–H groups in total. The number of aromatic nitrogens is 3. The second-order valence-corrected chi connectivity index (χ2v) is 7.19. The van der Waals surface area contributed by atoms with Crippen LogP contribution in [0.5, 0.6) is 11.5 Å². The quantitative estimate of drug-likeness (QED) is 0.383. The molecule has 0 bridgehead atoms. The molecular formula is C25H24N4O2. The molecular weight excluding hydrogens is 388 g/mol. The molecule has 6 nitrogen and oxygen atoms in total. The highest BCUT2D eigenvalue weighted by atomic mass is 16.5. The molecule has 4 rings (SSSR count). The Morgan fingerprint density at radius 2 is 1.77 bits per heavy atom. The first-order valence-corrected chi connectivity index (χ1v) is 10.0. The van der Waals surface area contributed by atoms with Crippen molar-refractivity contribution in [3.05, 3.63) is 101 Å². The van der Waals surface area contributed by atoms with Crippen LogP contribution < -0.4 is 9.47 Å². The van der Waals surface area contributed by atoms with E-state index in [4.69, 9.17) is 9.47 Å². The Balaban J connectivity index is 1.39. The minimum atomic E-state index is 0.307. The lowest BCUT2D eigenvalue weighted by Crippen LogP contribution is -2.00. The first kappa shape index (κ1) is 20.3. The summed E-state index contributed by atoms with van der Waals surface area (Å²) >= 11 is 0. The van der Waals surface area contributed by atoms with Gasteiger partial charge in [-0.1, -0.05) is 53.2 Å². The molecule has 0 saturated carbocycles. The van der Waals surface area contributed by atoms with Crippen molar-refractivity contribution >= 4 is 11.9 Å². The van der Waals surface area contributed by atoms with Gasteiger partial charge >= 0.3 is 0 Å². The van der Waals surface area contributed by atoms with Gasteiger partial charge in [0.1, 0.15) is 12.3 Å². The molecule has 6 heteroatoms. The standard InChI is InChI=1S/C25H24N4O2/c1-19-8-11-22(12-9-19)26-15-21-10-13-24(25(14-21)30-2)31-18-23-17-29(28-27-23)16-20-6-4-3-5-7-20/h3-15,17H,16,18H2,1-2H3. The molecule has 0 amide bonds. The summed E-state index contributed by atoms with van der Waals surface area (Å²) < 4.78 is 13.2. The summed E-state index contributed by atoms with van der Waals surface area (Å²) in [5.74, 6) is 1.29. The zero-order valence-electron chi connectivity index (χ0n) is 17.6. The van der Waals surface area contributed by atoms with Crippen molar-refractivity contribution in [1.82, 2.24) is 15.0 Å². The van der Waals surface area contributed by atoms with Crippen molar-refractivity contribution < 1.29 is 9.47 Å². The predicted octanol–water partition coefficient (Wildman–Crippen LogP) is 4.97. The zero-order chi connectivity index (χ0) is 21.5. The molecule has 3 aromatic carbocycles. The van der Waals surface area contributed by atoms with Crippen LogP contribution in [-0.2, 0) is 13.2 Å². The highest BCUT2D eigenvalue weighted by Gasteiger charge is 2.08. The summed E-state index contributed by atoms with van der Waals surface area (Å²) in [7, 11) is 1.62. The number of nitrogens with zero attached hydrogens (tertiary/aromatic N) is 4. The Morgan fingerprint density at radius 3 is 2.55 bits per heavy atom. The molecule has 0 aliphatic carbocycles.